The number of nitrogens with zero attached hydrogens (tertiary/aromatic N) is 2. The van der Waals surface area contributed by atoms with Crippen LogP contribution in [0.2, 0.25) is 0 Å². The number of fused-ring (bicyclic) bond motifs is 2. The Kier molecular flexibility index (Phi) is 2.73. The molecule has 3 atom stereocenters. The van der Waals surface area contributed by atoms with Crippen LogP contribution in [0.25, 0.3) is 0 Å². The number of amidine groups is 1. The van der Waals surface area contributed by atoms with Crippen LogP contribution in [0.5, 0.6) is 0 Å². The molecule has 4 heteroatoms. The lowest BCUT2D eigenvalue weighted by Gasteiger charge is -2.36. The maximum atomic E-state index is 12.4. The molecule has 3 fully saturated rings. The third-order valence-electron chi connectivity index (χ3n) is 5.72. The highest BCUT2D eigenvalue weighted by Crippen LogP contribution is 2.50. The van der Waals surface area contributed by atoms with E-state index in [0.717, 1.165) is 23.9 Å². The fourth-order valence-electron chi connectivity index (χ4n) is 4.55. The molecule has 0 N–H and O–H groups in total. The minimum atomic E-state index is -0.171. The second kappa shape index (κ2) is 4.24. The zero-order valence-corrected chi connectivity index (χ0v) is 12.4. The van der Waals surface area contributed by atoms with Gasteiger partial charge in [-0.1, -0.05) is 31.0 Å². The van der Waals surface area contributed by atoms with E-state index in [0.29, 0.717) is 12.1 Å². The van der Waals surface area contributed by atoms with E-state index in [4.69, 9.17) is 0 Å². The van der Waals surface area contributed by atoms with Gasteiger partial charge in [-0.05, 0) is 44.9 Å². The highest BCUT2D eigenvalue weighted by molar-refractivity contribution is 8.16. The van der Waals surface area contributed by atoms with Gasteiger partial charge in [0, 0.05) is 12.1 Å². The molecule has 4 aliphatic rings. The summed E-state index contributed by atoms with van der Waals surface area (Å²) in [7, 11) is 0. The molecule has 4 rings (SSSR count). The molecule has 0 aromatic rings. The number of hydrogen-bond acceptors (Lipinski definition) is 3. The molecular formula is C15H22N2OS. The Bertz CT molecular complexity index is 439. The van der Waals surface area contributed by atoms with Gasteiger partial charge in [0.25, 0.3) is 5.91 Å². The molecule has 104 valence electrons. The van der Waals surface area contributed by atoms with Gasteiger partial charge in [0.15, 0.2) is 5.17 Å². The fourth-order valence-corrected chi connectivity index (χ4v) is 6.08. The maximum absolute atomic E-state index is 12.4. The van der Waals surface area contributed by atoms with Crippen molar-refractivity contribution in [1.29, 1.82) is 0 Å². The van der Waals surface area contributed by atoms with Crippen molar-refractivity contribution in [1.82, 2.24) is 4.90 Å². The number of aliphatic imine (C=N–C) groups is 1. The van der Waals surface area contributed by atoms with Crippen LogP contribution >= 0.6 is 11.8 Å². The minimum Gasteiger partial charge on any atom is -0.345 e. The standard InChI is InChI=1S/C15H22N2OS/c1-10-11-5-6-12(9-11)17(10)14-16-13(18)15(19-14)7-3-2-4-8-15/h10-12H,2-9H2,1H3/t10-,11-,12+/m1/s1. The summed E-state index contributed by atoms with van der Waals surface area (Å²) in [6, 6.07) is 1.26. The second-order valence-electron chi connectivity index (χ2n) is 6.73. The number of carbonyl (C=O) groups excluding carboxylic acids is 1. The molecule has 2 heterocycles. The summed E-state index contributed by atoms with van der Waals surface area (Å²) in [6.07, 6.45) is 9.76. The molecule has 0 aromatic carbocycles. The van der Waals surface area contributed by atoms with Crippen molar-refractivity contribution in [2.75, 3.05) is 0 Å². The van der Waals surface area contributed by atoms with Gasteiger partial charge < -0.3 is 4.90 Å². The average Bonchev–Trinajstić information content (AvgIpc) is 3.06. The lowest BCUT2D eigenvalue weighted by Crippen LogP contribution is -2.42. The van der Waals surface area contributed by atoms with Crippen molar-refractivity contribution in [3.05, 3.63) is 0 Å². The van der Waals surface area contributed by atoms with E-state index in [1.54, 1.807) is 0 Å². The molecular weight excluding hydrogens is 256 g/mol. The Labute approximate surface area is 119 Å². The molecule has 1 amide bonds. The first-order valence-corrected chi connectivity index (χ1v) is 8.62. The molecule has 0 unspecified atom stereocenters. The number of rotatable bonds is 0. The Morgan fingerprint density at radius 3 is 2.74 bits per heavy atom. The van der Waals surface area contributed by atoms with E-state index >= 15 is 0 Å². The van der Waals surface area contributed by atoms with Crippen molar-refractivity contribution in [2.24, 2.45) is 10.9 Å². The van der Waals surface area contributed by atoms with E-state index in [2.05, 4.69) is 16.8 Å². The van der Waals surface area contributed by atoms with Crippen LogP contribution in [-0.2, 0) is 4.79 Å². The van der Waals surface area contributed by atoms with Crippen LogP contribution in [0.3, 0.4) is 0 Å². The molecule has 0 aromatic heterocycles. The van der Waals surface area contributed by atoms with Gasteiger partial charge in [-0.3, -0.25) is 4.79 Å². The molecule has 2 aliphatic carbocycles. The zero-order valence-electron chi connectivity index (χ0n) is 11.6. The van der Waals surface area contributed by atoms with Crippen LogP contribution < -0.4 is 0 Å². The number of thioether (sulfide) groups is 1. The first-order chi connectivity index (χ1) is 9.20. The highest BCUT2D eigenvalue weighted by Gasteiger charge is 2.52. The summed E-state index contributed by atoms with van der Waals surface area (Å²) in [5.74, 6) is 1.01. The van der Waals surface area contributed by atoms with E-state index in [1.807, 2.05) is 11.8 Å². The molecule has 19 heavy (non-hydrogen) atoms. The van der Waals surface area contributed by atoms with Gasteiger partial charge in [0.1, 0.15) is 4.75 Å². The van der Waals surface area contributed by atoms with Crippen LogP contribution in [0.15, 0.2) is 4.99 Å². The molecule has 2 aliphatic heterocycles. The molecule has 3 nitrogen and oxygen atoms in total. The van der Waals surface area contributed by atoms with Gasteiger partial charge in [0.05, 0.1) is 0 Å². The third kappa shape index (κ3) is 1.71. The molecule has 1 spiro atoms. The first-order valence-electron chi connectivity index (χ1n) is 7.80. The monoisotopic (exact) mass is 278 g/mol. The number of hydrogen-bond donors (Lipinski definition) is 0. The second-order valence-corrected chi connectivity index (χ2v) is 8.08. The number of amides is 1. The SMILES string of the molecule is C[C@@H]1[C@@H]2CC[C@@H](C2)N1C1=NC(=O)C2(CCCCC2)S1. The lowest BCUT2D eigenvalue weighted by molar-refractivity contribution is -0.120. The molecule has 2 bridgehead atoms. The van der Waals surface area contributed by atoms with E-state index in [1.165, 1.54) is 38.5 Å². The summed E-state index contributed by atoms with van der Waals surface area (Å²) in [6.45, 7) is 2.32. The lowest BCUT2D eigenvalue weighted by atomic mass is 9.88. The van der Waals surface area contributed by atoms with Crippen molar-refractivity contribution in [3.63, 3.8) is 0 Å². The van der Waals surface area contributed by atoms with E-state index in [9.17, 15) is 4.79 Å². The average molecular weight is 278 g/mol. The summed E-state index contributed by atoms with van der Waals surface area (Å²) in [5.41, 5.74) is 0. The normalized spacial score (nSPS) is 40.3. The molecule has 0 radical (unpaired) electrons. The summed E-state index contributed by atoms with van der Waals surface area (Å²) in [4.78, 5) is 19.4. The summed E-state index contributed by atoms with van der Waals surface area (Å²) in [5, 5.41) is 1.06. The van der Waals surface area contributed by atoms with E-state index in [-0.39, 0.29) is 10.7 Å². The minimum absolute atomic E-state index is 0.169. The number of carbonyl (C=O) groups is 1. The predicted octanol–water partition coefficient (Wildman–Crippen LogP) is 3.19. The summed E-state index contributed by atoms with van der Waals surface area (Å²) < 4.78 is -0.171. The Morgan fingerprint density at radius 1 is 1.26 bits per heavy atom. The molecule has 2 saturated carbocycles. The van der Waals surface area contributed by atoms with Gasteiger partial charge in [0.2, 0.25) is 0 Å². The zero-order chi connectivity index (χ0) is 13.0. The Morgan fingerprint density at radius 2 is 2.05 bits per heavy atom. The largest absolute Gasteiger partial charge is 0.345 e. The van der Waals surface area contributed by atoms with Crippen LogP contribution in [-0.4, -0.2) is 32.8 Å². The van der Waals surface area contributed by atoms with Crippen molar-refractivity contribution in [2.45, 2.75) is 75.1 Å². The smallest absolute Gasteiger partial charge is 0.264 e. The van der Waals surface area contributed by atoms with Crippen molar-refractivity contribution in [3.8, 4) is 0 Å². The Balaban J connectivity index is 1.57. The third-order valence-corrected chi connectivity index (χ3v) is 7.17. The maximum Gasteiger partial charge on any atom is 0.264 e. The van der Waals surface area contributed by atoms with Crippen molar-refractivity contribution >= 4 is 22.8 Å². The van der Waals surface area contributed by atoms with Gasteiger partial charge >= 0.3 is 0 Å². The fraction of sp³-hybridized carbons (Fsp3) is 0.867. The Hall–Kier alpha value is -0.510. The van der Waals surface area contributed by atoms with Crippen LogP contribution in [0.1, 0.15) is 58.3 Å². The summed E-state index contributed by atoms with van der Waals surface area (Å²) >= 11 is 1.81. The number of piperidine rings is 1. The van der Waals surface area contributed by atoms with E-state index < -0.39 is 0 Å². The van der Waals surface area contributed by atoms with Crippen LogP contribution in [0, 0.1) is 5.92 Å². The van der Waals surface area contributed by atoms with Crippen molar-refractivity contribution < 1.29 is 4.79 Å². The van der Waals surface area contributed by atoms with Gasteiger partial charge in [-0.15, -0.1) is 0 Å². The predicted molar refractivity (Wildman–Crippen MR) is 78.3 cm³/mol. The number of likely N-dealkylation sites (tertiary alicyclic amines) is 1. The quantitative estimate of drug-likeness (QED) is 0.682. The van der Waals surface area contributed by atoms with Gasteiger partial charge in [-0.2, -0.15) is 4.99 Å². The topological polar surface area (TPSA) is 32.7 Å². The van der Waals surface area contributed by atoms with Gasteiger partial charge in [-0.25, -0.2) is 0 Å². The highest BCUT2D eigenvalue weighted by atomic mass is 32.2. The molecule has 1 saturated heterocycles. The first kappa shape index (κ1) is 12.2. The van der Waals surface area contributed by atoms with Crippen LogP contribution in [0.4, 0.5) is 0 Å².